The van der Waals surface area contributed by atoms with E-state index in [0.717, 1.165) is 40.7 Å². The molecule has 1 N–H and O–H groups in total. The first kappa shape index (κ1) is 27.9. The van der Waals surface area contributed by atoms with E-state index < -0.39 is 44.4 Å². The number of alkyl halides is 3. The number of hydrogen-bond acceptors (Lipinski definition) is 4. The number of sulfonamides is 1. The van der Waals surface area contributed by atoms with E-state index >= 15 is 0 Å². The van der Waals surface area contributed by atoms with Gasteiger partial charge in [0, 0.05) is 18.5 Å². The summed E-state index contributed by atoms with van der Waals surface area (Å²) in [4.78, 5) is 10.7. The van der Waals surface area contributed by atoms with Crippen LogP contribution >= 0.6 is 0 Å². The molecule has 0 spiro atoms. The van der Waals surface area contributed by atoms with Crippen molar-refractivity contribution < 1.29 is 39.9 Å². The topological polar surface area (TPSA) is 75.7 Å². The lowest BCUT2D eigenvalue weighted by molar-refractivity contribution is -0.137. The summed E-state index contributed by atoms with van der Waals surface area (Å²) >= 11 is 0. The Morgan fingerprint density at radius 3 is 2.50 bits per heavy atom. The summed E-state index contributed by atoms with van der Waals surface area (Å²) in [6.45, 7) is 1.22. The second-order valence-electron chi connectivity index (χ2n) is 10.1. The fraction of sp³-hybridized carbons (Fsp3) is 0.321. The molecule has 0 saturated heterocycles. The highest BCUT2D eigenvalue weighted by molar-refractivity contribution is 7.92. The predicted molar refractivity (Wildman–Crippen MR) is 137 cm³/mol. The number of halogens is 5. The molecule has 12 heteroatoms. The van der Waals surface area contributed by atoms with Gasteiger partial charge >= 0.3 is 6.18 Å². The molecule has 0 radical (unpaired) electrons. The van der Waals surface area contributed by atoms with Crippen LogP contribution in [-0.4, -0.2) is 33.0 Å². The van der Waals surface area contributed by atoms with Crippen LogP contribution in [0.5, 0.6) is 5.75 Å². The van der Waals surface area contributed by atoms with Crippen molar-refractivity contribution in [2.75, 3.05) is 10.8 Å². The molecule has 1 atom stereocenters. The van der Waals surface area contributed by atoms with Crippen LogP contribution in [0.4, 0.5) is 27.6 Å². The summed E-state index contributed by atoms with van der Waals surface area (Å²) < 4.78 is 103. The summed E-state index contributed by atoms with van der Waals surface area (Å²) in [6.07, 6.45) is -3.57. The molecule has 0 aromatic heterocycles. The highest BCUT2D eigenvalue weighted by Crippen LogP contribution is 2.43. The molecule has 3 aromatic rings. The second-order valence-corrected chi connectivity index (χ2v) is 11.9. The zero-order chi connectivity index (χ0) is 28.8. The first-order valence-electron chi connectivity index (χ1n) is 12.5. The monoisotopic (exact) mass is 580 g/mol. The number of benzene rings is 3. The summed E-state index contributed by atoms with van der Waals surface area (Å²) in [7, 11) is -4.53. The summed E-state index contributed by atoms with van der Waals surface area (Å²) in [5, 5.41) is 2.83. The maximum Gasteiger partial charge on any atom is 0.416 e. The van der Waals surface area contributed by atoms with Crippen molar-refractivity contribution in [2.24, 2.45) is 5.92 Å². The Morgan fingerprint density at radius 1 is 1.05 bits per heavy atom. The molecule has 1 saturated carbocycles. The second kappa shape index (κ2) is 10.4. The highest BCUT2D eigenvalue weighted by atomic mass is 32.2. The Bertz CT molecular complexity index is 1550. The van der Waals surface area contributed by atoms with Gasteiger partial charge < -0.3 is 10.1 Å². The van der Waals surface area contributed by atoms with E-state index in [0.29, 0.717) is 25.3 Å². The number of fused-ring (bicyclic) bond motifs is 1. The van der Waals surface area contributed by atoms with Crippen LogP contribution in [0.2, 0.25) is 0 Å². The van der Waals surface area contributed by atoms with Crippen molar-refractivity contribution in [1.29, 1.82) is 0 Å². The first-order valence-corrected chi connectivity index (χ1v) is 14.0. The average molecular weight is 581 g/mol. The van der Waals surface area contributed by atoms with Gasteiger partial charge in [-0.3, -0.25) is 9.10 Å². The Morgan fingerprint density at radius 2 is 1.80 bits per heavy atom. The van der Waals surface area contributed by atoms with Crippen molar-refractivity contribution >= 4 is 21.6 Å². The molecule has 212 valence electrons. The minimum Gasteiger partial charge on any atom is -0.486 e. The molecule has 1 aliphatic carbocycles. The highest BCUT2D eigenvalue weighted by Gasteiger charge is 2.39. The number of nitrogens with zero attached hydrogens (tertiary/aromatic N) is 1. The van der Waals surface area contributed by atoms with Gasteiger partial charge in [0.2, 0.25) is 5.91 Å². The van der Waals surface area contributed by atoms with Crippen molar-refractivity contribution in [2.45, 2.75) is 49.4 Å². The third kappa shape index (κ3) is 5.63. The molecule has 0 bridgehead atoms. The summed E-state index contributed by atoms with van der Waals surface area (Å²) in [6, 6.07) is 10.6. The van der Waals surface area contributed by atoms with E-state index in [2.05, 4.69) is 5.32 Å². The van der Waals surface area contributed by atoms with Gasteiger partial charge in [-0.2, -0.15) is 13.2 Å². The van der Waals surface area contributed by atoms with Crippen molar-refractivity contribution in [3.8, 4) is 16.9 Å². The Labute approximate surface area is 227 Å². The zero-order valence-corrected chi connectivity index (χ0v) is 22.0. The van der Waals surface area contributed by atoms with Gasteiger partial charge in [-0.05, 0) is 79.3 Å². The molecule has 1 unspecified atom stereocenters. The maximum absolute atomic E-state index is 14.5. The lowest BCUT2D eigenvalue weighted by Crippen LogP contribution is -2.48. The van der Waals surface area contributed by atoms with Crippen LogP contribution in [0.3, 0.4) is 0 Å². The number of carbonyl (C=O) groups excluding carboxylic acids is 1. The number of rotatable bonds is 6. The molecule has 40 heavy (non-hydrogen) atoms. The van der Waals surface area contributed by atoms with Gasteiger partial charge in [0.15, 0.2) is 0 Å². The molecule has 1 aliphatic heterocycles. The number of anilines is 1. The largest absolute Gasteiger partial charge is 0.486 e. The van der Waals surface area contributed by atoms with Crippen LogP contribution in [0, 0.1) is 17.6 Å². The zero-order valence-electron chi connectivity index (χ0n) is 21.2. The van der Waals surface area contributed by atoms with Crippen LogP contribution in [0.1, 0.15) is 31.7 Å². The van der Waals surface area contributed by atoms with Gasteiger partial charge in [0.25, 0.3) is 10.0 Å². The van der Waals surface area contributed by atoms with Gasteiger partial charge in [-0.1, -0.05) is 12.1 Å². The standard InChI is InChI=1S/C28H25F5N2O4S/c1-16(36)34-21-9-17(10-21)11-22-15-35(40(37,38)23-4-2-3-19(13-23)28(31,32)33)26-12-18(5-8-27(26)39-22)24-14-20(29)6-7-25(24)30/h2-8,12-14,17,21-22H,9-11,15H2,1H3,(H,34,36). The molecular weight excluding hydrogens is 555 g/mol. The molecular formula is C28H25F5N2O4S. The minimum atomic E-state index is -4.76. The van der Waals surface area contributed by atoms with Gasteiger partial charge in [-0.25, -0.2) is 17.2 Å². The third-order valence-electron chi connectivity index (χ3n) is 7.12. The van der Waals surface area contributed by atoms with E-state index in [-0.39, 0.29) is 47.0 Å². The van der Waals surface area contributed by atoms with E-state index in [1.54, 1.807) is 0 Å². The minimum absolute atomic E-state index is 0.000412. The smallest absolute Gasteiger partial charge is 0.416 e. The van der Waals surface area contributed by atoms with Crippen molar-refractivity contribution in [3.05, 3.63) is 77.9 Å². The van der Waals surface area contributed by atoms with Gasteiger partial charge in [0.05, 0.1) is 22.7 Å². The van der Waals surface area contributed by atoms with E-state index in [1.165, 1.54) is 25.1 Å². The quantitative estimate of drug-likeness (QED) is 0.368. The maximum atomic E-state index is 14.5. The summed E-state index contributed by atoms with van der Waals surface area (Å²) in [5.41, 5.74) is -1.06. The molecule has 1 amide bonds. The SMILES string of the molecule is CC(=O)NC1CC(CC2CN(S(=O)(=O)c3cccc(C(F)(F)F)c3)c3cc(-c4cc(F)ccc4F)ccc3O2)C1. The Hall–Kier alpha value is -3.67. The fourth-order valence-corrected chi connectivity index (χ4v) is 6.76. The molecule has 6 nitrogen and oxygen atoms in total. The lowest BCUT2D eigenvalue weighted by atomic mass is 9.77. The molecule has 1 fully saturated rings. The van der Waals surface area contributed by atoms with Crippen LogP contribution < -0.4 is 14.4 Å². The Kier molecular flexibility index (Phi) is 7.24. The molecule has 1 heterocycles. The van der Waals surface area contributed by atoms with Gasteiger partial charge in [-0.15, -0.1) is 0 Å². The number of hydrogen-bond donors (Lipinski definition) is 1. The van der Waals surface area contributed by atoms with Gasteiger partial charge in [0.1, 0.15) is 23.5 Å². The normalized spacial score (nSPS) is 20.8. The fourth-order valence-electron chi connectivity index (χ4n) is 5.21. The number of nitrogens with one attached hydrogen (secondary N) is 1. The van der Waals surface area contributed by atoms with Crippen molar-refractivity contribution in [1.82, 2.24) is 5.32 Å². The lowest BCUT2D eigenvalue weighted by Gasteiger charge is -2.41. The molecule has 3 aromatic carbocycles. The average Bonchev–Trinajstić information content (AvgIpc) is 2.87. The number of amides is 1. The van der Waals surface area contributed by atoms with Crippen LogP contribution in [0.25, 0.3) is 11.1 Å². The number of carbonyl (C=O) groups is 1. The molecule has 5 rings (SSSR count). The van der Waals surface area contributed by atoms with E-state index in [4.69, 9.17) is 4.74 Å². The first-order chi connectivity index (χ1) is 18.8. The van der Waals surface area contributed by atoms with Crippen LogP contribution in [-0.2, 0) is 21.0 Å². The molecule has 2 aliphatic rings. The third-order valence-corrected chi connectivity index (χ3v) is 8.89. The van der Waals surface area contributed by atoms with Crippen LogP contribution in [0.15, 0.2) is 65.6 Å². The van der Waals surface area contributed by atoms with Crippen molar-refractivity contribution in [3.63, 3.8) is 0 Å². The summed E-state index contributed by atoms with van der Waals surface area (Å²) in [5.74, 6) is -1.29. The Balaban J connectivity index is 1.52. The number of ether oxygens (including phenoxy) is 1. The predicted octanol–water partition coefficient (Wildman–Crippen LogP) is 5.91. The van der Waals surface area contributed by atoms with E-state index in [9.17, 15) is 35.2 Å². The van der Waals surface area contributed by atoms with E-state index in [1.807, 2.05) is 0 Å².